The maximum Gasteiger partial charge on any atom is 0.330 e. The van der Waals surface area contributed by atoms with E-state index in [2.05, 4.69) is 5.32 Å². The van der Waals surface area contributed by atoms with Gasteiger partial charge < -0.3 is 14.8 Å². The third-order valence-corrected chi connectivity index (χ3v) is 2.79. The molecule has 0 spiro atoms. The molecule has 0 saturated carbocycles. The van der Waals surface area contributed by atoms with Gasteiger partial charge in [-0.05, 0) is 26.1 Å². The van der Waals surface area contributed by atoms with E-state index in [1.807, 2.05) is 0 Å². The van der Waals surface area contributed by atoms with Gasteiger partial charge in [0.2, 0.25) is 0 Å². The molecule has 0 aliphatic carbocycles. The fourth-order valence-electron chi connectivity index (χ4n) is 1.69. The van der Waals surface area contributed by atoms with E-state index in [0.717, 1.165) is 0 Å². The molecule has 1 rings (SSSR count). The number of rotatable bonds is 4. The SMILES string of the molecule is CNC(C)(C(=O)OC)c1c(F)cccc1OC. The largest absolute Gasteiger partial charge is 0.496 e. The number of halogens is 1. The highest BCUT2D eigenvalue weighted by Crippen LogP contribution is 2.32. The predicted molar refractivity (Wildman–Crippen MR) is 61.4 cm³/mol. The van der Waals surface area contributed by atoms with Gasteiger partial charge in [-0.25, -0.2) is 9.18 Å². The van der Waals surface area contributed by atoms with Crippen molar-refractivity contribution >= 4 is 5.97 Å². The first kappa shape index (κ1) is 13.4. The van der Waals surface area contributed by atoms with Crippen LogP contribution < -0.4 is 10.1 Å². The minimum absolute atomic E-state index is 0.136. The smallest absolute Gasteiger partial charge is 0.330 e. The summed E-state index contributed by atoms with van der Waals surface area (Å²) in [6.07, 6.45) is 0. The number of benzene rings is 1. The Bertz CT molecular complexity index is 422. The zero-order chi connectivity index (χ0) is 13.1. The van der Waals surface area contributed by atoms with E-state index >= 15 is 0 Å². The number of carbonyl (C=O) groups is 1. The monoisotopic (exact) mass is 241 g/mol. The molecule has 1 N–H and O–H groups in total. The van der Waals surface area contributed by atoms with Crippen molar-refractivity contribution in [3.63, 3.8) is 0 Å². The molecule has 0 bridgehead atoms. The van der Waals surface area contributed by atoms with Crippen LogP contribution in [0.25, 0.3) is 0 Å². The zero-order valence-corrected chi connectivity index (χ0v) is 10.3. The summed E-state index contributed by atoms with van der Waals surface area (Å²) < 4.78 is 23.7. The van der Waals surface area contributed by atoms with Gasteiger partial charge in [0.25, 0.3) is 0 Å². The van der Waals surface area contributed by atoms with Crippen LogP contribution in [0, 0.1) is 5.82 Å². The number of hydrogen-bond acceptors (Lipinski definition) is 4. The average Bonchev–Trinajstić information content (AvgIpc) is 2.36. The summed E-state index contributed by atoms with van der Waals surface area (Å²) in [4.78, 5) is 11.8. The van der Waals surface area contributed by atoms with E-state index in [4.69, 9.17) is 9.47 Å². The fraction of sp³-hybridized carbons (Fsp3) is 0.417. The summed E-state index contributed by atoms with van der Waals surface area (Å²) in [6.45, 7) is 1.54. The highest BCUT2D eigenvalue weighted by Gasteiger charge is 2.39. The lowest BCUT2D eigenvalue weighted by atomic mass is 9.90. The van der Waals surface area contributed by atoms with E-state index in [0.29, 0.717) is 5.75 Å². The molecule has 17 heavy (non-hydrogen) atoms. The van der Waals surface area contributed by atoms with Crippen molar-refractivity contribution in [1.82, 2.24) is 5.32 Å². The minimum atomic E-state index is -1.29. The quantitative estimate of drug-likeness (QED) is 0.810. The molecule has 0 aliphatic heterocycles. The molecule has 0 radical (unpaired) electrons. The third kappa shape index (κ3) is 2.24. The maximum absolute atomic E-state index is 13.9. The molecule has 0 heterocycles. The van der Waals surface area contributed by atoms with Crippen LogP contribution in [0.3, 0.4) is 0 Å². The number of esters is 1. The summed E-state index contributed by atoms with van der Waals surface area (Å²) in [5.74, 6) is -0.803. The van der Waals surface area contributed by atoms with Gasteiger partial charge in [0.15, 0.2) is 0 Å². The lowest BCUT2D eigenvalue weighted by Gasteiger charge is -2.28. The van der Waals surface area contributed by atoms with Crippen molar-refractivity contribution in [3.8, 4) is 5.75 Å². The molecule has 1 atom stereocenters. The van der Waals surface area contributed by atoms with E-state index < -0.39 is 17.3 Å². The number of nitrogens with one attached hydrogen (secondary N) is 1. The Hall–Kier alpha value is -1.62. The second-order valence-corrected chi connectivity index (χ2v) is 3.68. The van der Waals surface area contributed by atoms with Crippen LogP contribution in [0.15, 0.2) is 18.2 Å². The van der Waals surface area contributed by atoms with Crippen molar-refractivity contribution in [3.05, 3.63) is 29.6 Å². The summed E-state index contributed by atoms with van der Waals surface area (Å²) in [7, 11) is 4.24. The van der Waals surface area contributed by atoms with Gasteiger partial charge in [0.1, 0.15) is 17.1 Å². The lowest BCUT2D eigenvalue weighted by molar-refractivity contribution is -0.148. The van der Waals surface area contributed by atoms with Gasteiger partial charge in [0, 0.05) is 0 Å². The van der Waals surface area contributed by atoms with Gasteiger partial charge >= 0.3 is 5.97 Å². The minimum Gasteiger partial charge on any atom is -0.496 e. The van der Waals surface area contributed by atoms with E-state index in [1.54, 1.807) is 20.0 Å². The van der Waals surface area contributed by atoms with Gasteiger partial charge in [-0.2, -0.15) is 0 Å². The fourth-order valence-corrected chi connectivity index (χ4v) is 1.69. The summed E-state index contributed by atoms with van der Waals surface area (Å²) in [5.41, 5.74) is -1.15. The Labute approximate surface area is 99.7 Å². The zero-order valence-electron chi connectivity index (χ0n) is 10.3. The number of methoxy groups -OCH3 is 2. The first-order valence-electron chi connectivity index (χ1n) is 5.11. The summed E-state index contributed by atoms with van der Waals surface area (Å²) in [5, 5.41) is 2.77. The molecular formula is C12H16FNO3. The first-order valence-corrected chi connectivity index (χ1v) is 5.11. The Kier molecular flexibility index (Phi) is 4.07. The van der Waals surface area contributed by atoms with Gasteiger partial charge in [-0.3, -0.25) is 0 Å². The number of likely N-dealkylation sites (N-methyl/N-ethyl adjacent to an activating group) is 1. The van der Waals surface area contributed by atoms with Gasteiger partial charge in [0.05, 0.1) is 19.8 Å². The van der Waals surface area contributed by atoms with Gasteiger partial charge in [-0.15, -0.1) is 0 Å². The second-order valence-electron chi connectivity index (χ2n) is 3.68. The normalized spacial score (nSPS) is 13.9. The highest BCUT2D eigenvalue weighted by atomic mass is 19.1. The van der Waals surface area contributed by atoms with Crippen LogP contribution in [0.1, 0.15) is 12.5 Å². The standard InChI is InChI=1S/C12H16FNO3/c1-12(14-2,11(15)17-4)10-8(13)6-5-7-9(10)16-3/h5-7,14H,1-4H3. The molecule has 94 valence electrons. The van der Waals surface area contributed by atoms with Crippen molar-refractivity contribution in [2.24, 2.45) is 0 Å². The van der Waals surface area contributed by atoms with Crippen LogP contribution >= 0.6 is 0 Å². The molecule has 1 aromatic rings. The third-order valence-electron chi connectivity index (χ3n) is 2.79. The van der Waals surface area contributed by atoms with Crippen molar-refractivity contribution < 1.29 is 18.7 Å². The molecule has 4 nitrogen and oxygen atoms in total. The first-order chi connectivity index (χ1) is 8.01. The average molecular weight is 241 g/mol. The highest BCUT2D eigenvalue weighted by molar-refractivity contribution is 5.83. The van der Waals surface area contributed by atoms with Crippen LogP contribution in [0.4, 0.5) is 4.39 Å². The Balaban J connectivity index is 3.43. The maximum atomic E-state index is 13.9. The molecule has 5 heteroatoms. The Morgan fingerprint density at radius 1 is 1.41 bits per heavy atom. The number of carbonyl (C=O) groups excluding carboxylic acids is 1. The van der Waals surface area contributed by atoms with Crippen LogP contribution in [-0.2, 0) is 15.1 Å². The summed E-state index contributed by atoms with van der Waals surface area (Å²) in [6, 6.07) is 4.39. The molecule has 1 unspecified atom stereocenters. The lowest BCUT2D eigenvalue weighted by Crippen LogP contribution is -2.46. The number of hydrogen-bond donors (Lipinski definition) is 1. The van der Waals surface area contributed by atoms with Crippen LogP contribution in [0.5, 0.6) is 5.75 Å². The molecule has 0 aromatic heterocycles. The molecule has 0 saturated heterocycles. The van der Waals surface area contributed by atoms with Crippen molar-refractivity contribution in [2.75, 3.05) is 21.3 Å². The van der Waals surface area contributed by atoms with E-state index in [-0.39, 0.29) is 5.56 Å². The molecule has 0 aliphatic rings. The molecule has 0 amide bonds. The Morgan fingerprint density at radius 2 is 2.06 bits per heavy atom. The second kappa shape index (κ2) is 5.14. The molecule has 1 aromatic carbocycles. The van der Waals surface area contributed by atoms with Crippen molar-refractivity contribution in [1.29, 1.82) is 0 Å². The topological polar surface area (TPSA) is 47.6 Å². The van der Waals surface area contributed by atoms with Crippen LogP contribution in [-0.4, -0.2) is 27.2 Å². The Morgan fingerprint density at radius 3 is 2.53 bits per heavy atom. The molecule has 0 fully saturated rings. The van der Waals surface area contributed by atoms with E-state index in [1.165, 1.54) is 26.4 Å². The summed E-state index contributed by atoms with van der Waals surface area (Å²) >= 11 is 0. The van der Waals surface area contributed by atoms with Gasteiger partial charge in [-0.1, -0.05) is 6.07 Å². The van der Waals surface area contributed by atoms with Crippen molar-refractivity contribution in [2.45, 2.75) is 12.5 Å². The van der Waals surface area contributed by atoms with Crippen LogP contribution in [0.2, 0.25) is 0 Å². The number of ether oxygens (including phenoxy) is 2. The van der Waals surface area contributed by atoms with E-state index in [9.17, 15) is 9.18 Å². The predicted octanol–water partition coefficient (Wildman–Crippen LogP) is 1.44. The molecular weight excluding hydrogens is 225 g/mol.